The number of alkyl halides is 1. The predicted molar refractivity (Wildman–Crippen MR) is 83.0 cm³/mol. The number of hydrogen-bond acceptors (Lipinski definition) is 2. The third-order valence-corrected chi connectivity index (χ3v) is 3.67. The SMILES string of the molecule is COc1ccc(C(Cl)Cc2cccc(C)c2)cc1OC. The van der Waals surface area contributed by atoms with Crippen molar-refractivity contribution in [3.05, 3.63) is 59.2 Å². The minimum Gasteiger partial charge on any atom is -0.493 e. The van der Waals surface area contributed by atoms with Crippen LogP contribution in [0.1, 0.15) is 22.1 Å². The Morgan fingerprint density at radius 1 is 1.00 bits per heavy atom. The zero-order valence-electron chi connectivity index (χ0n) is 12.0. The van der Waals surface area contributed by atoms with Gasteiger partial charge in [-0.1, -0.05) is 35.9 Å². The standard InChI is InChI=1S/C17H19ClO2/c1-12-5-4-6-13(9-12)10-15(18)14-7-8-16(19-2)17(11-14)20-3/h4-9,11,15H,10H2,1-3H3. The van der Waals surface area contributed by atoms with Gasteiger partial charge in [0.05, 0.1) is 19.6 Å². The fourth-order valence-electron chi connectivity index (χ4n) is 2.21. The van der Waals surface area contributed by atoms with Gasteiger partial charge in [-0.15, -0.1) is 11.6 Å². The average Bonchev–Trinajstić information content (AvgIpc) is 2.46. The van der Waals surface area contributed by atoms with Crippen LogP contribution < -0.4 is 9.47 Å². The molecule has 0 radical (unpaired) electrons. The van der Waals surface area contributed by atoms with E-state index < -0.39 is 0 Å². The Balaban J connectivity index is 2.18. The molecule has 0 bridgehead atoms. The lowest BCUT2D eigenvalue weighted by molar-refractivity contribution is 0.354. The third kappa shape index (κ3) is 3.45. The number of halogens is 1. The number of benzene rings is 2. The summed E-state index contributed by atoms with van der Waals surface area (Å²) in [6.45, 7) is 2.09. The Bertz CT molecular complexity index is 581. The summed E-state index contributed by atoms with van der Waals surface area (Å²) in [7, 11) is 3.26. The molecule has 20 heavy (non-hydrogen) atoms. The van der Waals surface area contributed by atoms with Gasteiger partial charge >= 0.3 is 0 Å². The van der Waals surface area contributed by atoms with Crippen molar-refractivity contribution >= 4 is 11.6 Å². The number of hydrogen-bond donors (Lipinski definition) is 0. The molecule has 0 aliphatic rings. The van der Waals surface area contributed by atoms with E-state index in [1.807, 2.05) is 18.2 Å². The summed E-state index contributed by atoms with van der Waals surface area (Å²) in [4.78, 5) is 0. The maximum absolute atomic E-state index is 6.52. The van der Waals surface area contributed by atoms with Gasteiger partial charge in [-0.3, -0.25) is 0 Å². The second kappa shape index (κ2) is 6.67. The molecule has 2 aromatic carbocycles. The lowest BCUT2D eigenvalue weighted by atomic mass is 10.0. The maximum atomic E-state index is 6.52. The molecule has 1 unspecified atom stereocenters. The number of aryl methyl sites for hydroxylation is 1. The Kier molecular flexibility index (Phi) is 4.91. The van der Waals surface area contributed by atoms with Crippen LogP contribution in [0, 0.1) is 6.92 Å². The fraction of sp³-hybridized carbons (Fsp3) is 0.294. The molecule has 0 saturated carbocycles. The highest BCUT2D eigenvalue weighted by atomic mass is 35.5. The zero-order valence-corrected chi connectivity index (χ0v) is 12.8. The van der Waals surface area contributed by atoms with Crippen molar-refractivity contribution in [2.75, 3.05) is 14.2 Å². The summed E-state index contributed by atoms with van der Waals surface area (Å²) in [5.41, 5.74) is 3.52. The van der Waals surface area contributed by atoms with Crippen molar-refractivity contribution in [1.82, 2.24) is 0 Å². The second-order valence-electron chi connectivity index (χ2n) is 4.78. The Morgan fingerprint density at radius 3 is 2.40 bits per heavy atom. The van der Waals surface area contributed by atoms with Crippen molar-refractivity contribution in [2.24, 2.45) is 0 Å². The summed E-state index contributed by atoms with van der Waals surface area (Å²) in [6, 6.07) is 14.2. The highest BCUT2D eigenvalue weighted by Gasteiger charge is 2.12. The number of rotatable bonds is 5. The molecule has 2 rings (SSSR count). The molecule has 0 aliphatic heterocycles. The van der Waals surface area contributed by atoms with E-state index in [4.69, 9.17) is 21.1 Å². The number of ether oxygens (including phenoxy) is 2. The maximum Gasteiger partial charge on any atom is 0.161 e. The Hall–Kier alpha value is -1.67. The van der Waals surface area contributed by atoms with Gasteiger partial charge in [0.1, 0.15) is 0 Å². The molecule has 2 nitrogen and oxygen atoms in total. The van der Waals surface area contributed by atoms with Gasteiger partial charge in [-0.25, -0.2) is 0 Å². The Morgan fingerprint density at radius 2 is 1.75 bits per heavy atom. The zero-order chi connectivity index (χ0) is 14.5. The van der Waals surface area contributed by atoms with Gasteiger partial charge < -0.3 is 9.47 Å². The summed E-state index contributed by atoms with van der Waals surface area (Å²) < 4.78 is 10.5. The first-order valence-electron chi connectivity index (χ1n) is 6.55. The molecular formula is C17H19ClO2. The molecule has 106 valence electrons. The van der Waals surface area contributed by atoms with Crippen LogP contribution in [-0.4, -0.2) is 14.2 Å². The molecule has 0 amide bonds. The van der Waals surface area contributed by atoms with Gasteiger partial charge in [0.25, 0.3) is 0 Å². The van der Waals surface area contributed by atoms with Crippen LogP contribution in [-0.2, 0) is 6.42 Å². The molecule has 0 saturated heterocycles. The van der Waals surface area contributed by atoms with Crippen molar-refractivity contribution in [3.8, 4) is 11.5 Å². The van der Waals surface area contributed by atoms with E-state index in [9.17, 15) is 0 Å². The monoisotopic (exact) mass is 290 g/mol. The molecule has 0 fully saturated rings. The molecule has 2 aromatic rings. The molecule has 0 N–H and O–H groups in total. The minimum absolute atomic E-state index is 0.0865. The van der Waals surface area contributed by atoms with E-state index in [2.05, 4.69) is 31.2 Å². The van der Waals surface area contributed by atoms with Crippen molar-refractivity contribution in [3.63, 3.8) is 0 Å². The van der Waals surface area contributed by atoms with Crippen LogP contribution in [0.4, 0.5) is 0 Å². The van der Waals surface area contributed by atoms with E-state index in [-0.39, 0.29) is 5.38 Å². The average molecular weight is 291 g/mol. The van der Waals surface area contributed by atoms with E-state index in [0.717, 1.165) is 17.7 Å². The van der Waals surface area contributed by atoms with Crippen LogP contribution in [0.2, 0.25) is 0 Å². The summed E-state index contributed by atoms with van der Waals surface area (Å²) in [5.74, 6) is 1.43. The van der Waals surface area contributed by atoms with E-state index in [1.54, 1.807) is 14.2 Å². The van der Waals surface area contributed by atoms with Crippen molar-refractivity contribution < 1.29 is 9.47 Å². The Labute approximate surface area is 125 Å². The number of methoxy groups -OCH3 is 2. The van der Waals surface area contributed by atoms with E-state index >= 15 is 0 Å². The first-order chi connectivity index (χ1) is 9.63. The van der Waals surface area contributed by atoms with Gasteiger partial charge in [0.2, 0.25) is 0 Å². The lowest BCUT2D eigenvalue weighted by Crippen LogP contribution is -1.98. The fourth-order valence-corrected chi connectivity index (χ4v) is 2.53. The molecule has 0 aromatic heterocycles. The lowest BCUT2D eigenvalue weighted by Gasteiger charge is -2.14. The van der Waals surface area contributed by atoms with E-state index in [1.165, 1.54) is 11.1 Å². The van der Waals surface area contributed by atoms with Gasteiger partial charge in [0, 0.05) is 0 Å². The van der Waals surface area contributed by atoms with Crippen molar-refractivity contribution in [1.29, 1.82) is 0 Å². The van der Waals surface area contributed by atoms with Crippen LogP contribution in [0.15, 0.2) is 42.5 Å². The molecule has 3 heteroatoms. The highest BCUT2D eigenvalue weighted by Crippen LogP contribution is 2.33. The summed E-state index contributed by atoms with van der Waals surface area (Å²) in [6.07, 6.45) is 0.790. The molecule has 0 heterocycles. The van der Waals surface area contributed by atoms with Crippen LogP contribution >= 0.6 is 11.6 Å². The van der Waals surface area contributed by atoms with Crippen molar-refractivity contribution in [2.45, 2.75) is 18.7 Å². The molecular weight excluding hydrogens is 272 g/mol. The normalized spacial score (nSPS) is 12.0. The second-order valence-corrected chi connectivity index (χ2v) is 5.30. The molecule has 1 atom stereocenters. The summed E-state index contributed by atoms with van der Waals surface area (Å²) in [5, 5.41) is -0.0865. The topological polar surface area (TPSA) is 18.5 Å². The first kappa shape index (κ1) is 14.7. The van der Waals surface area contributed by atoms with Crippen LogP contribution in [0.25, 0.3) is 0 Å². The van der Waals surface area contributed by atoms with Crippen LogP contribution in [0.3, 0.4) is 0 Å². The largest absolute Gasteiger partial charge is 0.493 e. The first-order valence-corrected chi connectivity index (χ1v) is 6.99. The minimum atomic E-state index is -0.0865. The molecule has 0 spiro atoms. The quantitative estimate of drug-likeness (QED) is 0.753. The van der Waals surface area contributed by atoms with Gasteiger partial charge in [-0.2, -0.15) is 0 Å². The third-order valence-electron chi connectivity index (χ3n) is 3.27. The van der Waals surface area contributed by atoms with E-state index in [0.29, 0.717) is 5.75 Å². The summed E-state index contributed by atoms with van der Waals surface area (Å²) >= 11 is 6.52. The smallest absolute Gasteiger partial charge is 0.161 e. The van der Waals surface area contributed by atoms with Gasteiger partial charge in [-0.05, 0) is 36.6 Å². The predicted octanol–water partition coefficient (Wildman–Crippen LogP) is 4.53. The van der Waals surface area contributed by atoms with Crippen LogP contribution in [0.5, 0.6) is 11.5 Å². The highest BCUT2D eigenvalue weighted by molar-refractivity contribution is 6.21. The van der Waals surface area contributed by atoms with Gasteiger partial charge in [0.15, 0.2) is 11.5 Å². The molecule has 0 aliphatic carbocycles.